The number of unbranched alkanes of at least 4 members (excludes halogenated alkanes) is 16. The van der Waals surface area contributed by atoms with Gasteiger partial charge in [0.2, 0.25) is 0 Å². The molecule has 0 spiro atoms. The second-order valence-electron chi connectivity index (χ2n) is 13.6. The Bertz CT molecular complexity index is 1030. The number of phosphoric acid groups is 1. The van der Waals surface area contributed by atoms with Gasteiger partial charge in [0, 0.05) is 12.8 Å². The van der Waals surface area contributed by atoms with Crippen molar-refractivity contribution < 1.29 is 47.8 Å². The molecule has 11 heteroatoms. The molecule has 1 unspecified atom stereocenters. The molecule has 0 aliphatic carbocycles. The Kier molecular flexibility index (Phi) is 36.7. The second-order valence-corrected chi connectivity index (χ2v) is 15.1. The SMILES string of the molecule is CC/C=C\C/C=C\C/C=C\CCCCCCCC(=O)OC[C@H](COP(=O)(O)OC[C@@H](O)CO)OC(=O)CCCCCCCCC/C=C\CCCCCC. The van der Waals surface area contributed by atoms with Gasteiger partial charge in [0.05, 0.1) is 19.8 Å². The minimum absolute atomic E-state index is 0.174. The van der Waals surface area contributed by atoms with Gasteiger partial charge in [-0.2, -0.15) is 0 Å². The van der Waals surface area contributed by atoms with Crippen molar-refractivity contribution in [3.63, 3.8) is 0 Å². The van der Waals surface area contributed by atoms with Crippen LogP contribution < -0.4 is 0 Å². The van der Waals surface area contributed by atoms with E-state index in [4.69, 9.17) is 19.1 Å². The number of esters is 2. The number of hydrogen-bond acceptors (Lipinski definition) is 9. The van der Waals surface area contributed by atoms with Crippen molar-refractivity contribution in [2.24, 2.45) is 0 Å². The molecule has 0 aromatic heterocycles. The summed E-state index contributed by atoms with van der Waals surface area (Å²) in [7, 11) is -4.62. The topological polar surface area (TPSA) is 149 Å². The minimum Gasteiger partial charge on any atom is -0.462 e. The first-order chi connectivity index (χ1) is 25.7. The van der Waals surface area contributed by atoms with E-state index in [1.54, 1.807) is 0 Å². The number of ether oxygens (including phenoxy) is 2. The molecular weight excluding hydrogens is 695 g/mol. The maximum Gasteiger partial charge on any atom is 0.472 e. The first kappa shape index (κ1) is 50.9. The van der Waals surface area contributed by atoms with Crippen molar-refractivity contribution in [1.29, 1.82) is 0 Å². The summed E-state index contributed by atoms with van der Waals surface area (Å²) in [4.78, 5) is 34.9. The molecular formula is C42H75O10P. The van der Waals surface area contributed by atoms with Gasteiger partial charge in [-0.3, -0.25) is 18.6 Å². The van der Waals surface area contributed by atoms with Gasteiger partial charge in [-0.15, -0.1) is 0 Å². The summed E-state index contributed by atoms with van der Waals surface area (Å²) in [5, 5.41) is 18.3. The highest BCUT2D eigenvalue weighted by molar-refractivity contribution is 7.47. The first-order valence-electron chi connectivity index (χ1n) is 20.6. The van der Waals surface area contributed by atoms with Crippen LogP contribution in [0.15, 0.2) is 48.6 Å². The number of carbonyl (C=O) groups excluding carboxylic acids is 2. The van der Waals surface area contributed by atoms with E-state index in [-0.39, 0.29) is 19.4 Å². The predicted molar refractivity (Wildman–Crippen MR) is 214 cm³/mol. The largest absolute Gasteiger partial charge is 0.472 e. The molecule has 10 nitrogen and oxygen atoms in total. The molecule has 0 heterocycles. The summed E-state index contributed by atoms with van der Waals surface area (Å²) < 4.78 is 32.6. The summed E-state index contributed by atoms with van der Waals surface area (Å²) in [5.74, 6) is -0.952. The van der Waals surface area contributed by atoms with Crippen molar-refractivity contribution in [3.05, 3.63) is 48.6 Å². The zero-order chi connectivity index (χ0) is 39.1. The molecule has 308 valence electrons. The zero-order valence-corrected chi connectivity index (χ0v) is 34.1. The maximum atomic E-state index is 12.6. The molecule has 0 aliphatic rings. The van der Waals surface area contributed by atoms with Gasteiger partial charge in [0.25, 0.3) is 0 Å². The van der Waals surface area contributed by atoms with Crippen LogP contribution in [-0.2, 0) is 32.7 Å². The lowest BCUT2D eigenvalue weighted by atomic mass is 10.1. The second kappa shape index (κ2) is 38.2. The minimum atomic E-state index is -4.62. The molecule has 0 rings (SSSR count). The van der Waals surface area contributed by atoms with Crippen LogP contribution in [-0.4, -0.2) is 65.7 Å². The number of carbonyl (C=O) groups is 2. The first-order valence-corrected chi connectivity index (χ1v) is 22.1. The van der Waals surface area contributed by atoms with Crippen LogP contribution in [0.3, 0.4) is 0 Å². The van der Waals surface area contributed by atoms with E-state index < -0.39 is 51.8 Å². The van der Waals surface area contributed by atoms with Crippen LogP contribution in [0, 0.1) is 0 Å². The predicted octanol–water partition coefficient (Wildman–Crippen LogP) is 10.6. The Hall–Kier alpha value is -2.07. The number of aliphatic hydroxyl groups excluding tert-OH is 2. The van der Waals surface area contributed by atoms with Crippen molar-refractivity contribution in [2.75, 3.05) is 26.4 Å². The van der Waals surface area contributed by atoms with E-state index in [0.29, 0.717) is 12.8 Å². The highest BCUT2D eigenvalue weighted by Crippen LogP contribution is 2.43. The highest BCUT2D eigenvalue weighted by Gasteiger charge is 2.27. The van der Waals surface area contributed by atoms with Crippen LogP contribution >= 0.6 is 7.82 Å². The Balaban J connectivity index is 4.36. The lowest BCUT2D eigenvalue weighted by Crippen LogP contribution is -2.29. The Morgan fingerprint density at radius 2 is 1.04 bits per heavy atom. The van der Waals surface area contributed by atoms with Crippen LogP contribution in [0.2, 0.25) is 0 Å². The van der Waals surface area contributed by atoms with Crippen molar-refractivity contribution >= 4 is 19.8 Å². The van der Waals surface area contributed by atoms with Gasteiger partial charge in [-0.25, -0.2) is 4.57 Å². The zero-order valence-electron chi connectivity index (χ0n) is 33.2. The molecule has 0 aromatic carbocycles. The van der Waals surface area contributed by atoms with Crippen molar-refractivity contribution in [2.45, 2.75) is 180 Å². The fourth-order valence-corrected chi connectivity index (χ4v) is 6.08. The normalized spacial score (nSPS) is 14.4. The number of aliphatic hydroxyl groups is 2. The third-order valence-corrected chi connectivity index (χ3v) is 9.42. The number of phosphoric ester groups is 1. The molecule has 3 N–H and O–H groups in total. The molecule has 0 bridgehead atoms. The average Bonchev–Trinajstić information content (AvgIpc) is 3.14. The quantitative estimate of drug-likeness (QED) is 0.0240. The molecule has 0 saturated carbocycles. The number of allylic oxidation sites excluding steroid dienone is 8. The molecule has 0 aromatic rings. The van der Waals surface area contributed by atoms with Gasteiger partial charge in [-0.1, -0.05) is 133 Å². The third kappa shape index (κ3) is 38.0. The molecule has 0 saturated heterocycles. The van der Waals surface area contributed by atoms with Crippen LogP contribution in [0.1, 0.15) is 168 Å². The van der Waals surface area contributed by atoms with Gasteiger partial charge in [-0.05, 0) is 70.6 Å². The monoisotopic (exact) mass is 771 g/mol. The summed E-state index contributed by atoms with van der Waals surface area (Å²) >= 11 is 0. The standard InChI is InChI=1S/C42H75O10P/c1-3-5-7-9-11-13-15-17-19-21-23-25-27-29-31-33-41(45)49-37-40(38-51-53(47,48)50-36-39(44)35-43)52-42(46)34-32-30-28-26-24-22-20-18-16-14-12-10-8-6-4-2/h5,7,11,13-14,16-17,19,39-40,43-44H,3-4,6,8-10,12,15,18,20-38H2,1-2H3,(H,47,48)/b7-5-,13-11-,16-14-,19-17-/t39-,40+/m0/s1. The van der Waals surface area contributed by atoms with E-state index in [0.717, 1.165) is 77.0 Å². The van der Waals surface area contributed by atoms with E-state index in [1.807, 2.05) is 0 Å². The summed E-state index contributed by atoms with van der Waals surface area (Å²) in [6.07, 6.45) is 39.3. The Morgan fingerprint density at radius 1 is 0.585 bits per heavy atom. The molecule has 0 radical (unpaired) electrons. The van der Waals surface area contributed by atoms with Crippen molar-refractivity contribution in [1.82, 2.24) is 0 Å². The molecule has 0 amide bonds. The molecule has 3 atom stereocenters. The lowest BCUT2D eigenvalue weighted by Gasteiger charge is -2.20. The van der Waals surface area contributed by atoms with Crippen LogP contribution in [0.4, 0.5) is 0 Å². The van der Waals surface area contributed by atoms with Crippen LogP contribution in [0.25, 0.3) is 0 Å². The maximum absolute atomic E-state index is 12.6. The average molecular weight is 771 g/mol. The van der Waals surface area contributed by atoms with Crippen molar-refractivity contribution in [3.8, 4) is 0 Å². The van der Waals surface area contributed by atoms with Gasteiger partial charge in [0.1, 0.15) is 12.7 Å². The number of rotatable bonds is 38. The van der Waals surface area contributed by atoms with Crippen LogP contribution in [0.5, 0.6) is 0 Å². The van der Waals surface area contributed by atoms with E-state index in [9.17, 15) is 24.2 Å². The Morgan fingerprint density at radius 3 is 1.58 bits per heavy atom. The fraction of sp³-hybridized carbons (Fsp3) is 0.762. The van der Waals surface area contributed by atoms with E-state index in [1.165, 1.54) is 51.4 Å². The summed E-state index contributed by atoms with van der Waals surface area (Å²) in [6, 6.07) is 0. The van der Waals surface area contributed by atoms with Gasteiger partial charge < -0.3 is 24.6 Å². The van der Waals surface area contributed by atoms with Gasteiger partial charge >= 0.3 is 19.8 Å². The molecule has 0 aliphatic heterocycles. The molecule has 0 fully saturated rings. The number of hydrogen-bond donors (Lipinski definition) is 3. The van der Waals surface area contributed by atoms with Gasteiger partial charge in [0.15, 0.2) is 6.10 Å². The van der Waals surface area contributed by atoms with E-state index in [2.05, 4.69) is 67.0 Å². The Labute approximate surface area is 322 Å². The summed E-state index contributed by atoms with van der Waals surface area (Å²) in [6.45, 7) is 2.22. The lowest BCUT2D eigenvalue weighted by molar-refractivity contribution is -0.161. The highest BCUT2D eigenvalue weighted by atomic mass is 31.2. The smallest absolute Gasteiger partial charge is 0.462 e. The fourth-order valence-electron chi connectivity index (χ4n) is 5.30. The molecule has 53 heavy (non-hydrogen) atoms. The van der Waals surface area contributed by atoms with E-state index >= 15 is 0 Å². The summed E-state index contributed by atoms with van der Waals surface area (Å²) in [5.41, 5.74) is 0. The third-order valence-electron chi connectivity index (χ3n) is 8.47.